The molecule has 0 fully saturated rings. The molecule has 1 N–H and O–H groups in total. The lowest BCUT2D eigenvalue weighted by atomic mass is 10.00. The molecule has 0 saturated carbocycles. The van der Waals surface area contributed by atoms with Gasteiger partial charge in [0, 0.05) is 17.4 Å². The SMILES string of the molecule is Cc1nc(-c2ccccc2NC(=O)c2cc3c(s2)CCCCCC3)no1. The number of nitrogens with zero attached hydrogens (tertiary/aromatic N) is 2. The van der Waals surface area contributed by atoms with E-state index in [-0.39, 0.29) is 5.91 Å². The van der Waals surface area contributed by atoms with Crippen LogP contribution in [0.15, 0.2) is 34.9 Å². The minimum atomic E-state index is -0.0746. The average molecular weight is 367 g/mol. The van der Waals surface area contributed by atoms with Crippen molar-refractivity contribution in [3.05, 3.63) is 51.5 Å². The average Bonchev–Trinajstić information content (AvgIpc) is 3.22. The Morgan fingerprint density at radius 1 is 1.15 bits per heavy atom. The van der Waals surface area contributed by atoms with E-state index in [9.17, 15) is 4.79 Å². The minimum Gasteiger partial charge on any atom is -0.339 e. The van der Waals surface area contributed by atoms with Crippen LogP contribution in [0.3, 0.4) is 0 Å². The number of carbonyl (C=O) groups is 1. The van der Waals surface area contributed by atoms with E-state index < -0.39 is 0 Å². The summed E-state index contributed by atoms with van der Waals surface area (Å²) in [5.74, 6) is 0.908. The molecule has 134 valence electrons. The monoisotopic (exact) mass is 367 g/mol. The van der Waals surface area contributed by atoms with Crippen molar-refractivity contribution in [1.82, 2.24) is 10.1 Å². The van der Waals surface area contributed by atoms with Gasteiger partial charge in [0.15, 0.2) is 0 Å². The van der Waals surface area contributed by atoms with E-state index in [4.69, 9.17) is 4.52 Å². The number of para-hydroxylation sites is 1. The van der Waals surface area contributed by atoms with E-state index in [1.165, 1.54) is 36.1 Å². The van der Waals surface area contributed by atoms with E-state index >= 15 is 0 Å². The fraction of sp³-hybridized carbons (Fsp3) is 0.350. The molecule has 3 aromatic rings. The molecule has 5 nitrogen and oxygen atoms in total. The molecule has 0 bridgehead atoms. The predicted octanol–water partition coefficient (Wildman–Crippen LogP) is 5.02. The van der Waals surface area contributed by atoms with Crippen LogP contribution in [0.2, 0.25) is 0 Å². The number of carbonyl (C=O) groups excluding carboxylic acids is 1. The number of amides is 1. The molecule has 0 spiro atoms. The summed E-state index contributed by atoms with van der Waals surface area (Å²) in [6.45, 7) is 1.75. The van der Waals surface area contributed by atoms with Crippen LogP contribution in [0.25, 0.3) is 11.4 Å². The number of nitrogens with one attached hydrogen (secondary N) is 1. The highest BCUT2D eigenvalue weighted by molar-refractivity contribution is 7.14. The van der Waals surface area contributed by atoms with Gasteiger partial charge in [0.25, 0.3) is 5.91 Å². The van der Waals surface area contributed by atoms with Gasteiger partial charge in [0.1, 0.15) is 0 Å². The summed E-state index contributed by atoms with van der Waals surface area (Å²) in [5, 5.41) is 6.99. The van der Waals surface area contributed by atoms with Crippen molar-refractivity contribution in [3.8, 4) is 11.4 Å². The second kappa shape index (κ2) is 7.41. The molecule has 1 amide bonds. The Bertz CT molecular complexity index is 903. The zero-order valence-corrected chi connectivity index (χ0v) is 15.6. The lowest BCUT2D eigenvalue weighted by Crippen LogP contribution is -2.11. The van der Waals surface area contributed by atoms with E-state index in [0.717, 1.165) is 23.3 Å². The van der Waals surface area contributed by atoms with Crippen LogP contribution < -0.4 is 5.32 Å². The predicted molar refractivity (Wildman–Crippen MR) is 103 cm³/mol. The Morgan fingerprint density at radius 3 is 2.77 bits per heavy atom. The van der Waals surface area contributed by atoms with Crippen molar-refractivity contribution in [2.75, 3.05) is 5.32 Å². The van der Waals surface area contributed by atoms with Gasteiger partial charge in [-0.3, -0.25) is 4.79 Å². The minimum absolute atomic E-state index is 0.0746. The molecule has 26 heavy (non-hydrogen) atoms. The molecule has 1 aliphatic rings. The fourth-order valence-corrected chi connectivity index (χ4v) is 4.48. The van der Waals surface area contributed by atoms with Crippen LogP contribution in [0, 0.1) is 6.92 Å². The number of thiophene rings is 1. The van der Waals surface area contributed by atoms with Gasteiger partial charge < -0.3 is 9.84 Å². The Balaban J connectivity index is 1.58. The summed E-state index contributed by atoms with van der Waals surface area (Å²) in [7, 11) is 0. The smallest absolute Gasteiger partial charge is 0.265 e. The summed E-state index contributed by atoms with van der Waals surface area (Å²) < 4.78 is 5.07. The molecule has 1 aliphatic carbocycles. The summed E-state index contributed by atoms with van der Waals surface area (Å²) in [5.41, 5.74) is 2.80. The molecule has 1 aromatic carbocycles. The quantitative estimate of drug-likeness (QED) is 0.706. The zero-order chi connectivity index (χ0) is 17.9. The third kappa shape index (κ3) is 3.55. The summed E-state index contributed by atoms with van der Waals surface area (Å²) in [6, 6.07) is 9.60. The largest absolute Gasteiger partial charge is 0.339 e. The van der Waals surface area contributed by atoms with Gasteiger partial charge in [-0.1, -0.05) is 30.1 Å². The molecule has 0 unspecified atom stereocenters. The Kier molecular flexibility index (Phi) is 4.84. The van der Waals surface area contributed by atoms with Gasteiger partial charge in [0.05, 0.1) is 10.6 Å². The molecule has 0 aliphatic heterocycles. The topological polar surface area (TPSA) is 68.0 Å². The van der Waals surface area contributed by atoms with Crippen molar-refractivity contribution in [2.24, 2.45) is 0 Å². The highest BCUT2D eigenvalue weighted by Crippen LogP contribution is 2.30. The van der Waals surface area contributed by atoms with E-state index in [1.54, 1.807) is 18.3 Å². The first-order valence-electron chi connectivity index (χ1n) is 9.03. The van der Waals surface area contributed by atoms with Crippen molar-refractivity contribution in [2.45, 2.75) is 45.4 Å². The highest BCUT2D eigenvalue weighted by Gasteiger charge is 2.18. The molecule has 6 heteroatoms. The van der Waals surface area contributed by atoms with Crippen molar-refractivity contribution in [3.63, 3.8) is 0 Å². The molecule has 4 rings (SSSR count). The first-order chi connectivity index (χ1) is 12.7. The Morgan fingerprint density at radius 2 is 1.96 bits per heavy atom. The van der Waals surface area contributed by atoms with Crippen molar-refractivity contribution < 1.29 is 9.32 Å². The molecule has 0 atom stereocenters. The van der Waals surface area contributed by atoms with Gasteiger partial charge in [0.2, 0.25) is 11.7 Å². The third-order valence-corrected chi connectivity index (χ3v) is 5.90. The maximum absolute atomic E-state index is 12.8. The van der Waals surface area contributed by atoms with Crippen molar-refractivity contribution in [1.29, 1.82) is 0 Å². The number of aromatic nitrogens is 2. The number of fused-ring (bicyclic) bond motifs is 1. The molecule has 0 saturated heterocycles. The van der Waals surface area contributed by atoms with Gasteiger partial charge in [-0.25, -0.2) is 0 Å². The van der Waals surface area contributed by atoms with Crippen LogP contribution in [0.4, 0.5) is 5.69 Å². The standard InChI is InChI=1S/C20H21N3O2S/c1-13-21-19(23-25-13)15-9-6-7-10-16(15)22-20(24)18-12-14-8-4-2-3-5-11-17(14)26-18/h6-7,9-10,12H,2-5,8,11H2,1H3,(H,22,24). The lowest BCUT2D eigenvalue weighted by molar-refractivity contribution is 0.103. The Labute approximate surface area is 156 Å². The van der Waals surface area contributed by atoms with Crippen LogP contribution in [0.5, 0.6) is 0 Å². The Hall–Kier alpha value is -2.47. The van der Waals surface area contributed by atoms with Crippen LogP contribution >= 0.6 is 11.3 Å². The van der Waals surface area contributed by atoms with E-state index in [2.05, 4.69) is 21.5 Å². The third-order valence-electron chi connectivity index (χ3n) is 4.66. The van der Waals surface area contributed by atoms with Gasteiger partial charge >= 0.3 is 0 Å². The highest BCUT2D eigenvalue weighted by atomic mass is 32.1. The van der Waals surface area contributed by atoms with Gasteiger partial charge in [-0.2, -0.15) is 4.98 Å². The molecule has 0 radical (unpaired) electrons. The molecular weight excluding hydrogens is 346 g/mol. The van der Waals surface area contributed by atoms with E-state index in [1.807, 2.05) is 24.3 Å². The van der Waals surface area contributed by atoms with Crippen LogP contribution in [-0.4, -0.2) is 16.0 Å². The molecule has 2 heterocycles. The van der Waals surface area contributed by atoms with Gasteiger partial charge in [-0.15, -0.1) is 11.3 Å². The number of benzene rings is 1. The number of rotatable bonds is 3. The first kappa shape index (κ1) is 17.0. The van der Waals surface area contributed by atoms with Crippen molar-refractivity contribution >= 4 is 22.9 Å². The second-order valence-corrected chi connectivity index (χ2v) is 7.75. The second-order valence-electron chi connectivity index (χ2n) is 6.61. The number of hydrogen-bond acceptors (Lipinski definition) is 5. The maximum atomic E-state index is 12.8. The molecule has 2 aromatic heterocycles. The number of anilines is 1. The summed E-state index contributed by atoms with van der Waals surface area (Å²) >= 11 is 1.63. The maximum Gasteiger partial charge on any atom is 0.265 e. The normalized spacial score (nSPS) is 14.3. The fourth-order valence-electron chi connectivity index (χ4n) is 3.34. The summed E-state index contributed by atoms with van der Waals surface area (Å²) in [4.78, 5) is 19.2. The van der Waals surface area contributed by atoms with Crippen LogP contribution in [0.1, 0.15) is 51.7 Å². The first-order valence-corrected chi connectivity index (χ1v) is 9.85. The number of aryl methyl sites for hydroxylation is 3. The lowest BCUT2D eigenvalue weighted by Gasteiger charge is -2.07. The summed E-state index contributed by atoms with van der Waals surface area (Å²) in [6.07, 6.45) is 7.17. The van der Waals surface area contributed by atoms with Crippen LogP contribution in [-0.2, 0) is 12.8 Å². The van der Waals surface area contributed by atoms with Gasteiger partial charge in [-0.05, 0) is 49.4 Å². The van der Waals surface area contributed by atoms with E-state index in [0.29, 0.717) is 17.4 Å². The molecular formula is C20H21N3O2S. The number of hydrogen-bond donors (Lipinski definition) is 1. The zero-order valence-electron chi connectivity index (χ0n) is 14.7.